The molecule has 136 valence electrons. The SMILES string of the molecule is CCc1nc(SCC(=O)NS(=O)(=O)c2ccc(C)cc2)[nH]c(=O)c1C#N. The van der Waals surface area contributed by atoms with Crippen LogP contribution in [0.3, 0.4) is 0 Å². The maximum absolute atomic E-state index is 12.2. The second kappa shape index (κ2) is 8.16. The summed E-state index contributed by atoms with van der Waals surface area (Å²) in [5.74, 6) is -1.01. The third-order valence-electron chi connectivity index (χ3n) is 3.34. The lowest BCUT2D eigenvalue weighted by Gasteiger charge is -2.07. The van der Waals surface area contributed by atoms with Crippen LogP contribution >= 0.6 is 11.8 Å². The number of nitriles is 1. The topological polar surface area (TPSA) is 133 Å². The zero-order valence-electron chi connectivity index (χ0n) is 14.1. The molecule has 1 heterocycles. The standard InChI is InChI=1S/C16H16N4O4S2/c1-3-13-12(8-17)15(22)19-16(18-13)25-9-14(21)20-26(23,24)11-6-4-10(2)5-7-11/h4-7H,3,9H2,1-2H3,(H,20,21)(H,18,19,22). The first-order chi connectivity index (χ1) is 12.3. The maximum Gasteiger partial charge on any atom is 0.269 e. The van der Waals surface area contributed by atoms with Crippen LogP contribution in [0.25, 0.3) is 0 Å². The van der Waals surface area contributed by atoms with Gasteiger partial charge in [0.1, 0.15) is 11.6 Å². The molecule has 0 saturated carbocycles. The van der Waals surface area contributed by atoms with Gasteiger partial charge in [-0.05, 0) is 25.5 Å². The molecule has 0 radical (unpaired) electrons. The van der Waals surface area contributed by atoms with Crippen molar-refractivity contribution in [1.82, 2.24) is 14.7 Å². The lowest BCUT2D eigenvalue weighted by molar-refractivity contribution is -0.116. The number of carbonyl (C=O) groups is 1. The van der Waals surface area contributed by atoms with E-state index in [0.29, 0.717) is 12.1 Å². The molecule has 1 amide bonds. The van der Waals surface area contributed by atoms with E-state index in [4.69, 9.17) is 5.26 Å². The van der Waals surface area contributed by atoms with Crippen molar-refractivity contribution in [2.75, 3.05) is 5.75 Å². The molecule has 0 fully saturated rings. The molecule has 0 bridgehead atoms. The Morgan fingerprint density at radius 1 is 1.35 bits per heavy atom. The Hall–Kier alpha value is -2.64. The van der Waals surface area contributed by atoms with Gasteiger partial charge in [0.15, 0.2) is 5.16 Å². The molecule has 26 heavy (non-hydrogen) atoms. The third-order valence-corrected chi connectivity index (χ3v) is 5.60. The predicted molar refractivity (Wildman–Crippen MR) is 96.2 cm³/mol. The molecule has 2 rings (SSSR count). The number of nitrogens with one attached hydrogen (secondary N) is 2. The highest BCUT2D eigenvalue weighted by Gasteiger charge is 2.18. The van der Waals surface area contributed by atoms with Gasteiger partial charge < -0.3 is 4.98 Å². The zero-order valence-corrected chi connectivity index (χ0v) is 15.7. The second-order valence-electron chi connectivity index (χ2n) is 5.29. The van der Waals surface area contributed by atoms with Crippen molar-refractivity contribution in [2.45, 2.75) is 30.3 Å². The van der Waals surface area contributed by atoms with Crippen molar-refractivity contribution in [2.24, 2.45) is 0 Å². The summed E-state index contributed by atoms with van der Waals surface area (Å²) < 4.78 is 26.3. The third kappa shape index (κ3) is 4.71. The van der Waals surface area contributed by atoms with E-state index in [9.17, 15) is 18.0 Å². The van der Waals surface area contributed by atoms with Gasteiger partial charge in [-0.15, -0.1) is 0 Å². The molecule has 2 aromatic rings. The Bertz CT molecular complexity index is 1020. The number of benzene rings is 1. The Kier molecular flexibility index (Phi) is 6.18. The molecule has 0 unspecified atom stereocenters. The molecule has 10 heteroatoms. The molecule has 8 nitrogen and oxygen atoms in total. The van der Waals surface area contributed by atoms with Crippen molar-refractivity contribution in [3.63, 3.8) is 0 Å². The largest absolute Gasteiger partial charge is 0.300 e. The number of sulfonamides is 1. The summed E-state index contributed by atoms with van der Waals surface area (Å²) in [6.45, 7) is 3.57. The van der Waals surface area contributed by atoms with Crippen LogP contribution in [0.2, 0.25) is 0 Å². The van der Waals surface area contributed by atoms with Crippen LogP contribution in [0.5, 0.6) is 0 Å². The maximum atomic E-state index is 12.2. The number of hydrogen-bond donors (Lipinski definition) is 2. The van der Waals surface area contributed by atoms with E-state index >= 15 is 0 Å². The number of rotatable bonds is 6. The quantitative estimate of drug-likeness (QED) is 0.556. The smallest absolute Gasteiger partial charge is 0.269 e. The van der Waals surface area contributed by atoms with Crippen LogP contribution in [-0.4, -0.2) is 30.0 Å². The first-order valence-electron chi connectivity index (χ1n) is 7.55. The van der Waals surface area contributed by atoms with Crippen molar-refractivity contribution in [3.05, 3.63) is 51.4 Å². The van der Waals surface area contributed by atoms with E-state index in [2.05, 4.69) is 9.97 Å². The van der Waals surface area contributed by atoms with Crippen molar-refractivity contribution in [3.8, 4) is 6.07 Å². The normalized spacial score (nSPS) is 11.0. The molecule has 0 aliphatic carbocycles. The van der Waals surface area contributed by atoms with E-state index < -0.39 is 21.5 Å². The highest BCUT2D eigenvalue weighted by atomic mass is 32.2. The number of aryl methyl sites for hydroxylation is 2. The van der Waals surface area contributed by atoms with Gasteiger partial charge in [0.25, 0.3) is 15.6 Å². The van der Waals surface area contributed by atoms with Gasteiger partial charge in [0.05, 0.1) is 16.3 Å². The Morgan fingerprint density at radius 3 is 2.58 bits per heavy atom. The van der Waals surface area contributed by atoms with Crippen LogP contribution in [-0.2, 0) is 21.2 Å². The summed E-state index contributed by atoms with van der Waals surface area (Å²) in [6, 6.07) is 7.86. The minimum Gasteiger partial charge on any atom is -0.300 e. The summed E-state index contributed by atoms with van der Waals surface area (Å²) >= 11 is 0.877. The molecular weight excluding hydrogens is 376 g/mol. The molecule has 0 aliphatic heterocycles. The molecule has 0 spiro atoms. The van der Waals surface area contributed by atoms with E-state index in [-0.39, 0.29) is 21.4 Å². The Morgan fingerprint density at radius 2 is 2.00 bits per heavy atom. The van der Waals surface area contributed by atoms with E-state index in [1.54, 1.807) is 25.1 Å². The molecule has 2 N–H and O–H groups in total. The van der Waals surface area contributed by atoms with Gasteiger partial charge in [-0.2, -0.15) is 5.26 Å². The molecular formula is C16H16N4O4S2. The number of amides is 1. The van der Waals surface area contributed by atoms with Crippen LogP contribution in [0.15, 0.2) is 39.1 Å². The number of hydrogen-bond acceptors (Lipinski definition) is 7. The van der Waals surface area contributed by atoms with Crippen LogP contribution in [0, 0.1) is 18.3 Å². The van der Waals surface area contributed by atoms with E-state index in [1.165, 1.54) is 12.1 Å². The highest BCUT2D eigenvalue weighted by molar-refractivity contribution is 8.00. The minimum absolute atomic E-state index is 0.0142. The summed E-state index contributed by atoms with van der Waals surface area (Å²) in [4.78, 5) is 30.3. The zero-order chi connectivity index (χ0) is 19.3. The van der Waals surface area contributed by atoms with Crippen LogP contribution < -0.4 is 10.3 Å². The predicted octanol–water partition coefficient (Wildman–Crippen LogP) is 1.11. The number of nitrogens with zero attached hydrogens (tertiary/aromatic N) is 2. The number of thioether (sulfide) groups is 1. The van der Waals surface area contributed by atoms with Crippen molar-refractivity contribution < 1.29 is 13.2 Å². The van der Waals surface area contributed by atoms with Gasteiger partial charge in [-0.25, -0.2) is 18.1 Å². The van der Waals surface area contributed by atoms with Gasteiger partial charge in [-0.1, -0.05) is 36.4 Å². The van der Waals surface area contributed by atoms with Gasteiger partial charge in [-0.3, -0.25) is 9.59 Å². The highest BCUT2D eigenvalue weighted by Crippen LogP contribution is 2.14. The number of carbonyl (C=O) groups excluding carboxylic acids is 1. The second-order valence-corrected chi connectivity index (χ2v) is 7.93. The monoisotopic (exact) mass is 392 g/mol. The van der Waals surface area contributed by atoms with E-state index in [0.717, 1.165) is 17.3 Å². The van der Waals surface area contributed by atoms with Gasteiger partial charge in [0.2, 0.25) is 5.91 Å². The Labute approximate surface area is 154 Å². The fourth-order valence-electron chi connectivity index (χ4n) is 2.03. The van der Waals surface area contributed by atoms with Crippen molar-refractivity contribution in [1.29, 1.82) is 5.26 Å². The lowest BCUT2D eigenvalue weighted by atomic mass is 10.2. The summed E-state index contributed by atoms with van der Waals surface area (Å²) in [6.07, 6.45) is 0.383. The minimum atomic E-state index is -3.96. The summed E-state index contributed by atoms with van der Waals surface area (Å²) in [5.41, 5.74) is 0.567. The molecule has 0 atom stereocenters. The fraction of sp³-hybridized carbons (Fsp3) is 0.250. The first-order valence-corrected chi connectivity index (χ1v) is 10.0. The van der Waals surface area contributed by atoms with Gasteiger partial charge in [0, 0.05) is 0 Å². The summed E-state index contributed by atoms with van der Waals surface area (Å²) in [5, 5.41) is 9.09. The number of aromatic amines is 1. The molecule has 1 aromatic carbocycles. The number of aromatic nitrogens is 2. The van der Waals surface area contributed by atoms with Gasteiger partial charge >= 0.3 is 0 Å². The average Bonchev–Trinajstić information content (AvgIpc) is 2.59. The fourth-order valence-corrected chi connectivity index (χ4v) is 3.78. The van der Waals surface area contributed by atoms with Crippen LogP contribution in [0.1, 0.15) is 23.7 Å². The Balaban J connectivity index is 2.07. The number of H-pyrrole nitrogens is 1. The summed E-state index contributed by atoms with van der Waals surface area (Å²) in [7, 11) is -3.96. The molecule has 0 saturated heterocycles. The van der Waals surface area contributed by atoms with Crippen LogP contribution in [0.4, 0.5) is 0 Å². The lowest BCUT2D eigenvalue weighted by Crippen LogP contribution is -2.32. The average molecular weight is 392 g/mol. The molecule has 0 aliphatic rings. The first kappa shape index (κ1) is 19.7. The van der Waals surface area contributed by atoms with Crippen molar-refractivity contribution >= 4 is 27.7 Å². The van der Waals surface area contributed by atoms with E-state index in [1.807, 2.05) is 11.6 Å². The molecule has 1 aromatic heterocycles.